The SMILES string of the molecule is CCOC(=O)C1CCOc2c1cc(Cl)c(Oc1ccc(C(=O)O)cc1)c2Br. The van der Waals surface area contributed by atoms with Gasteiger partial charge >= 0.3 is 11.9 Å². The Morgan fingerprint density at radius 1 is 1.33 bits per heavy atom. The molecule has 1 heterocycles. The molecule has 0 aromatic heterocycles. The average molecular weight is 456 g/mol. The highest BCUT2D eigenvalue weighted by molar-refractivity contribution is 9.10. The molecule has 1 unspecified atom stereocenters. The summed E-state index contributed by atoms with van der Waals surface area (Å²) < 4.78 is 17.2. The Balaban J connectivity index is 1.94. The van der Waals surface area contributed by atoms with E-state index in [0.717, 1.165) is 0 Å². The van der Waals surface area contributed by atoms with Crippen molar-refractivity contribution in [2.75, 3.05) is 13.2 Å². The lowest BCUT2D eigenvalue weighted by Crippen LogP contribution is -2.23. The number of hydrogen-bond acceptors (Lipinski definition) is 5. The van der Waals surface area contributed by atoms with Gasteiger partial charge in [0.25, 0.3) is 0 Å². The second-order valence-electron chi connectivity index (χ2n) is 5.79. The number of aromatic carboxylic acids is 1. The quantitative estimate of drug-likeness (QED) is 0.637. The molecule has 2 aromatic carbocycles. The van der Waals surface area contributed by atoms with Gasteiger partial charge < -0.3 is 19.3 Å². The number of hydrogen-bond donors (Lipinski definition) is 1. The maximum Gasteiger partial charge on any atom is 0.335 e. The average Bonchev–Trinajstić information content (AvgIpc) is 2.65. The van der Waals surface area contributed by atoms with Crippen molar-refractivity contribution in [3.8, 4) is 17.2 Å². The molecule has 1 N–H and O–H groups in total. The van der Waals surface area contributed by atoms with Crippen molar-refractivity contribution < 1.29 is 28.9 Å². The fraction of sp³-hybridized carbons (Fsp3) is 0.263. The highest BCUT2D eigenvalue weighted by atomic mass is 79.9. The Kier molecular flexibility index (Phi) is 5.92. The molecule has 8 heteroatoms. The van der Waals surface area contributed by atoms with Crippen molar-refractivity contribution in [2.24, 2.45) is 0 Å². The van der Waals surface area contributed by atoms with E-state index in [1.165, 1.54) is 24.3 Å². The second-order valence-corrected chi connectivity index (χ2v) is 6.99. The smallest absolute Gasteiger partial charge is 0.335 e. The minimum Gasteiger partial charge on any atom is -0.492 e. The lowest BCUT2D eigenvalue weighted by molar-refractivity contribution is -0.145. The lowest BCUT2D eigenvalue weighted by Gasteiger charge is -2.26. The number of halogens is 2. The van der Waals surface area contributed by atoms with E-state index in [9.17, 15) is 9.59 Å². The van der Waals surface area contributed by atoms with E-state index in [2.05, 4.69) is 15.9 Å². The van der Waals surface area contributed by atoms with Crippen LogP contribution in [0.3, 0.4) is 0 Å². The molecule has 0 spiro atoms. The van der Waals surface area contributed by atoms with Gasteiger partial charge in [-0.1, -0.05) is 11.6 Å². The highest BCUT2D eigenvalue weighted by Gasteiger charge is 2.32. The van der Waals surface area contributed by atoms with E-state index in [0.29, 0.717) is 51.9 Å². The summed E-state index contributed by atoms with van der Waals surface area (Å²) in [6, 6.07) is 7.58. The molecule has 0 fully saturated rings. The van der Waals surface area contributed by atoms with Crippen LogP contribution in [0.2, 0.25) is 5.02 Å². The first-order valence-electron chi connectivity index (χ1n) is 8.25. The molecule has 0 radical (unpaired) electrons. The number of carbonyl (C=O) groups excluding carboxylic acids is 1. The normalized spacial score (nSPS) is 15.4. The van der Waals surface area contributed by atoms with Crippen molar-refractivity contribution in [3.05, 3.63) is 51.0 Å². The molecule has 27 heavy (non-hydrogen) atoms. The Hall–Kier alpha value is -2.25. The number of carboxylic acid groups (broad SMARTS) is 1. The molecule has 2 aromatic rings. The number of rotatable bonds is 5. The number of ether oxygens (including phenoxy) is 3. The van der Waals surface area contributed by atoms with Crippen LogP contribution >= 0.6 is 27.5 Å². The van der Waals surface area contributed by atoms with Gasteiger partial charge in [-0.2, -0.15) is 0 Å². The predicted octanol–water partition coefficient (Wildman–Crippen LogP) is 5.02. The van der Waals surface area contributed by atoms with Gasteiger partial charge in [-0.05, 0) is 59.6 Å². The molecular weight excluding hydrogens is 440 g/mol. The molecule has 1 aliphatic heterocycles. The second kappa shape index (κ2) is 8.19. The first-order chi connectivity index (χ1) is 12.9. The van der Waals surface area contributed by atoms with Crippen LogP contribution in [0.15, 0.2) is 34.8 Å². The summed E-state index contributed by atoms with van der Waals surface area (Å²) in [4.78, 5) is 23.2. The number of benzene rings is 2. The lowest BCUT2D eigenvalue weighted by atomic mass is 9.93. The molecule has 1 aliphatic rings. The molecule has 142 valence electrons. The van der Waals surface area contributed by atoms with E-state index in [4.69, 9.17) is 30.9 Å². The third kappa shape index (κ3) is 4.04. The summed E-state index contributed by atoms with van der Waals surface area (Å²) in [5.41, 5.74) is 0.795. The summed E-state index contributed by atoms with van der Waals surface area (Å²) in [5, 5.41) is 9.26. The molecule has 6 nitrogen and oxygen atoms in total. The van der Waals surface area contributed by atoms with Crippen molar-refractivity contribution in [1.82, 2.24) is 0 Å². The van der Waals surface area contributed by atoms with Crippen molar-refractivity contribution >= 4 is 39.5 Å². The van der Waals surface area contributed by atoms with Gasteiger partial charge in [-0.25, -0.2) is 4.79 Å². The maximum absolute atomic E-state index is 12.2. The minimum atomic E-state index is -1.02. The first kappa shape index (κ1) is 19.5. The van der Waals surface area contributed by atoms with Crippen LogP contribution in [0.1, 0.15) is 35.2 Å². The van der Waals surface area contributed by atoms with Gasteiger partial charge in [0.15, 0.2) is 5.75 Å². The molecule has 0 aliphatic carbocycles. The maximum atomic E-state index is 12.2. The summed E-state index contributed by atoms with van der Waals surface area (Å²) in [7, 11) is 0. The summed E-state index contributed by atoms with van der Waals surface area (Å²) >= 11 is 9.84. The van der Waals surface area contributed by atoms with E-state index >= 15 is 0 Å². The van der Waals surface area contributed by atoms with E-state index in [1.807, 2.05) is 0 Å². The predicted molar refractivity (Wildman–Crippen MR) is 102 cm³/mol. The van der Waals surface area contributed by atoms with E-state index in [1.54, 1.807) is 13.0 Å². The third-order valence-corrected chi connectivity index (χ3v) is 5.08. The summed E-state index contributed by atoms with van der Waals surface area (Å²) in [6.45, 7) is 2.42. The fourth-order valence-electron chi connectivity index (χ4n) is 2.81. The Bertz CT molecular complexity index is 881. The Morgan fingerprint density at radius 2 is 2.04 bits per heavy atom. The van der Waals surface area contributed by atoms with Crippen LogP contribution in [0.4, 0.5) is 0 Å². The molecule has 3 rings (SSSR count). The van der Waals surface area contributed by atoms with Gasteiger partial charge in [0.1, 0.15) is 16.0 Å². The fourth-order valence-corrected chi connectivity index (χ4v) is 3.81. The minimum absolute atomic E-state index is 0.151. The van der Waals surface area contributed by atoms with E-state index in [-0.39, 0.29) is 11.5 Å². The van der Waals surface area contributed by atoms with Gasteiger partial charge in [-0.3, -0.25) is 4.79 Å². The monoisotopic (exact) mass is 454 g/mol. The standard InChI is InChI=1S/C19H16BrClO6/c1-2-25-19(24)12-7-8-26-16-13(12)9-14(21)17(15(16)20)27-11-5-3-10(4-6-11)18(22)23/h3-6,9,12H,2,7-8H2,1H3,(H,22,23). The van der Waals surface area contributed by atoms with Gasteiger partial charge in [0, 0.05) is 5.56 Å². The van der Waals surface area contributed by atoms with Crippen LogP contribution in [-0.4, -0.2) is 30.3 Å². The summed E-state index contributed by atoms with van der Waals surface area (Å²) in [6.07, 6.45) is 0.505. The summed E-state index contributed by atoms with van der Waals surface area (Å²) in [5.74, 6) is -0.563. The zero-order valence-electron chi connectivity index (χ0n) is 14.3. The van der Waals surface area contributed by atoms with Gasteiger partial charge in [0.2, 0.25) is 0 Å². The Morgan fingerprint density at radius 3 is 2.67 bits per heavy atom. The molecule has 0 saturated heterocycles. The highest BCUT2D eigenvalue weighted by Crippen LogP contribution is 2.49. The topological polar surface area (TPSA) is 82.1 Å². The first-order valence-corrected chi connectivity index (χ1v) is 9.42. The van der Waals surface area contributed by atoms with Crippen LogP contribution in [0, 0.1) is 0 Å². The third-order valence-electron chi connectivity index (χ3n) is 4.08. The van der Waals surface area contributed by atoms with Crippen molar-refractivity contribution in [2.45, 2.75) is 19.3 Å². The zero-order valence-corrected chi connectivity index (χ0v) is 16.7. The van der Waals surface area contributed by atoms with Gasteiger partial charge in [-0.15, -0.1) is 0 Å². The number of fused-ring (bicyclic) bond motifs is 1. The molecule has 0 amide bonds. The van der Waals surface area contributed by atoms with E-state index < -0.39 is 11.9 Å². The van der Waals surface area contributed by atoms with Crippen LogP contribution in [-0.2, 0) is 9.53 Å². The van der Waals surface area contributed by atoms with Crippen molar-refractivity contribution in [1.29, 1.82) is 0 Å². The zero-order chi connectivity index (χ0) is 19.6. The van der Waals surface area contributed by atoms with Crippen LogP contribution in [0.25, 0.3) is 0 Å². The van der Waals surface area contributed by atoms with Crippen molar-refractivity contribution in [3.63, 3.8) is 0 Å². The number of esters is 1. The largest absolute Gasteiger partial charge is 0.492 e. The Labute approximate surface area is 169 Å². The number of carbonyl (C=O) groups is 2. The molecular formula is C19H16BrClO6. The van der Waals surface area contributed by atoms with Crippen LogP contribution < -0.4 is 9.47 Å². The molecule has 1 atom stereocenters. The molecule has 0 bridgehead atoms. The van der Waals surface area contributed by atoms with Crippen LogP contribution in [0.5, 0.6) is 17.2 Å². The number of carboxylic acids is 1. The molecule has 0 saturated carbocycles. The van der Waals surface area contributed by atoms with Gasteiger partial charge in [0.05, 0.1) is 29.7 Å².